The topological polar surface area (TPSA) is 71.4 Å². The van der Waals surface area contributed by atoms with Crippen LogP contribution in [0.5, 0.6) is 0 Å². The SMILES string of the molecule is CCCCC(=O)/C=C/C1CCC(=O)C1CC#CCCCC(=O)O. The van der Waals surface area contributed by atoms with Crippen molar-refractivity contribution >= 4 is 17.5 Å². The molecule has 1 rings (SSSR count). The molecular formula is C19H26O4. The number of aliphatic carboxylic acids is 1. The number of hydrogen-bond acceptors (Lipinski definition) is 3. The van der Waals surface area contributed by atoms with E-state index in [1.165, 1.54) is 0 Å². The highest BCUT2D eigenvalue weighted by Crippen LogP contribution is 2.32. The fourth-order valence-corrected chi connectivity index (χ4v) is 2.69. The van der Waals surface area contributed by atoms with Crippen LogP contribution < -0.4 is 0 Å². The van der Waals surface area contributed by atoms with Gasteiger partial charge in [-0.05, 0) is 31.3 Å². The minimum absolute atomic E-state index is 0.112. The van der Waals surface area contributed by atoms with Crippen LogP contribution in [0.4, 0.5) is 0 Å². The van der Waals surface area contributed by atoms with E-state index in [0.29, 0.717) is 32.1 Å². The molecule has 2 atom stereocenters. The van der Waals surface area contributed by atoms with Gasteiger partial charge in [0.15, 0.2) is 5.78 Å². The maximum Gasteiger partial charge on any atom is 0.303 e. The summed E-state index contributed by atoms with van der Waals surface area (Å²) in [6.45, 7) is 2.05. The maximum absolute atomic E-state index is 11.9. The van der Waals surface area contributed by atoms with Crippen LogP contribution in [-0.2, 0) is 14.4 Å². The Morgan fingerprint density at radius 2 is 2.04 bits per heavy atom. The number of carbonyl (C=O) groups excluding carboxylic acids is 2. The van der Waals surface area contributed by atoms with Gasteiger partial charge in [0, 0.05) is 38.0 Å². The van der Waals surface area contributed by atoms with E-state index in [2.05, 4.69) is 18.8 Å². The molecule has 0 radical (unpaired) electrons. The smallest absolute Gasteiger partial charge is 0.303 e. The summed E-state index contributed by atoms with van der Waals surface area (Å²) in [6, 6.07) is 0. The van der Waals surface area contributed by atoms with Gasteiger partial charge in [0.05, 0.1) is 0 Å². The van der Waals surface area contributed by atoms with Gasteiger partial charge in [-0.1, -0.05) is 19.4 Å². The molecule has 0 saturated heterocycles. The Kier molecular flexibility index (Phi) is 8.97. The highest BCUT2D eigenvalue weighted by molar-refractivity contribution is 5.90. The molecule has 0 heterocycles. The summed E-state index contributed by atoms with van der Waals surface area (Å²) in [6.07, 6.45) is 9.06. The number of unbranched alkanes of at least 4 members (excludes halogenated alkanes) is 2. The van der Waals surface area contributed by atoms with E-state index in [4.69, 9.17) is 5.11 Å². The third-order valence-corrected chi connectivity index (χ3v) is 4.10. The molecule has 4 heteroatoms. The molecule has 1 aliphatic rings. The molecule has 0 amide bonds. The van der Waals surface area contributed by atoms with Crippen LogP contribution in [0.25, 0.3) is 0 Å². The van der Waals surface area contributed by atoms with Crippen molar-refractivity contribution in [3.05, 3.63) is 12.2 Å². The molecule has 1 saturated carbocycles. The van der Waals surface area contributed by atoms with Gasteiger partial charge in [0.2, 0.25) is 0 Å². The van der Waals surface area contributed by atoms with Gasteiger partial charge in [-0.25, -0.2) is 0 Å². The molecule has 126 valence electrons. The normalized spacial score (nSPS) is 20.5. The van der Waals surface area contributed by atoms with Gasteiger partial charge in [-0.2, -0.15) is 0 Å². The molecule has 1 fully saturated rings. The minimum Gasteiger partial charge on any atom is -0.481 e. The molecule has 1 N–H and O–H groups in total. The predicted octanol–water partition coefficient (Wildman–Crippen LogP) is 3.55. The van der Waals surface area contributed by atoms with Crippen LogP contribution in [0, 0.1) is 23.7 Å². The molecule has 2 unspecified atom stereocenters. The molecule has 4 nitrogen and oxygen atoms in total. The zero-order valence-corrected chi connectivity index (χ0v) is 13.8. The Morgan fingerprint density at radius 1 is 1.26 bits per heavy atom. The molecule has 0 aromatic heterocycles. The summed E-state index contributed by atoms with van der Waals surface area (Å²) >= 11 is 0. The van der Waals surface area contributed by atoms with E-state index in [-0.39, 0.29) is 29.8 Å². The van der Waals surface area contributed by atoms with E-state index in [1.807, 2.05) is 6.08 Å². The van der Waals surface area contributed by atoms with E-state index in [0.717, 1.165) is 19.3 Å². The summed E-state index contributed by atoms with van der Waals surface area (Å²) < 4.78 is 0. The average molecular weight is 318 g/mol. The number of carbonyl (C=O) groups is 3. The zero-order valence-electron chi connectivity index (χ0n) is 13.8. The Morgan fingerprint density at radius 3 is 2.74 bits per heavy atom. The molecule has 0 bridgehead atoms. The quantitative estimate of drug-likeness (QED) is 0.401. The van der Waals surface area contributed by atoms with Crippen LogP contribution in [0.2, 0.25) is 0 Å². The number of carboxylic acid groups (broad SMARTS) is 1. The lowest BCUT2D eigenvalue weighted by Gasteiger charge is -2.11. The largest absolute Gasteiger partial charge is 0.481 e. The third-order valence-electron chi connectivity index (χ3n) is 4.10. The Balaban J connectivity index is 2.43. The molecule has 23 heavy (non-hydrogen) atoms. The Bertz CT molecular complexity index is 507. The van der Waals surface area contributed by atoms with Crippen molar-refractivity contribution < 1.29 is 19.5 Å². The molecule has 0 aromatic carbocycles. The van der Waals surface area contributed by atoms with Crippen LogP contribution in [0.3, 0.4) is 0 Å². The van der Waals surface area contributed by atoms with Gasteiger partial charge in [-0.15, -0.1) is 11.8 Å². The molecule has 0 aromatic rings. The number of hydrogen-bond donors (Lipinski definition) is 1. The maximum atomic E-state index is 11.9. The van der Waals surface area contributed by atoms with Crippen LogP contribution in [0.15, 0.2) is 12.2 Å². The summed E-state index contributed by atoms with van der Waals surface area (Å²) in [5, 5.41) is 8.54. The zero-order chi connectivity index (χ0) is 17.1. The molecule has 0 spiro atoms. The van der Waals surface area contributed by atoms with Crippen molar-refractivity contribution in [2.24, 2.45) is 11.8 Å². The average Bonchev–Trinajstić information content (AvgIpc) is 2.86. The van der Waals surface area contributed by atoms with Gasteiger partial charge in [0.1, 0.15) is 5.78 Å². The second kappa shape index (κ2) is 10.8. The number of Topliss-reactive ketones (excluding diaryl/α,β-unsaturated/α-hetero) is 1. The van der Waals surface area contributed by atoms with Gasteiger partial charge >= 0.3 is 5.97 Å². The minimum atomic E-state index is -0.810. The summed E-state index contributed by atoms with van der Waals surface area (Å²) in [7, 11) is 0. The number of allylic oxidation sites excluding steroid dienone is 2. The summed E-state index contributed by atoms with van der Waals surface area (Å²) in [5.41, 5.74) is 0. The lowest BCUT2D eigenvalue weighted by Crippen LogP contribution is -2.12. The van der Waals surface area contributed by atoms with Gasteiger partial charge in [-0.3, -0.25) is 14.4 Å². The third kappa shape index (κ3) is 7.78. The molecule has 1 aliphatic carbocycles. The standard InChI is InChI=1S/C19H26O4/c1-2-3-8-16(20)13-11-15-12-14-18(21)17(15)9-6-4-5-7-10-19(22)23/h11,13,15,17H,2-3,5,7-10,12,14H2,1H3,(H,22,23)/b13-11+. The Labute approximate surface area is 138 Å². The first-order valence-electron chi connectivity index (χ1n) is 8.45. The summed E-state index contributed by atoms with van der Waals surface area (Å²) in [4.78, 5) is 34.0. The lowest BCUT2D eigenvalue weighted by molar-refractivity contribution is -0.137. The van der Waals surface area contributed by atoms with Crippen LogP contribution in [0.1, 0.15) is 64.7 Å². The lowest BCUT2D eigenvalue weighted by atomic mass is 9.91. The first-order chi connectivity index (χ1) is 11.0. The first kappa shape index (κ1) is 19.2. The number of carboxylic acids is 1. The van der Waals surface area contributed by atoms with Crippen molar-refractivity contribution in [1.29, 1.82) is 0 Å². The fraction of sp³-hybridized carbons (Fsp3) is 0.632. The van der Waals surface area contributed by atoms with Crippen molar-refractivity contribution in [2.75, 3.05) is 0 Å². The highest BCUT2D eigenvalue weighted by atomic mass is 16.4. The van der Waals surface area contributed by atoms with E-state index in [9.17, 15) is 14.4 Å². The van der Waals surface area contributed by atoms with Crippen molar-refractivity contribution in [3.63, 3.8) is 0 Å². The van der Waals surface area contributed by atoms with Crippen molar-refractivity contribution in [2.45, 2.75) is 64.7 Å². The van der Waals surface area contributed by atoms with E-state index >= 15 is 0 Å². The van der Waals surface area contributed by atoms with Gasteiger partial charge < -0.3 is 5.11 Å². The van der Waals surface area contributed by atoms with E-state index in [1.54, 1.807) is 6.08 Å². The monoisotopic (exact) mass is 318 g/mol. The Hall–Kier alpha value is -1.89. The second-order valence-corrected chi connectivity index (χ2v) is 6.01. The number of rotatable bonds is 9. The second-order valence-electron chi connectivity index (χ2n) is 6.01. The molecular weight excluding hydrogens is 292 g/mol. The first-order valence-corrected chi connectivity index (χ1v) is 8.45. The fourth-order valence-electron chi connectivity index (χ4n) is 2.69. The predicted molar refractivity (Wildman–Crippen MR) is 88.8 cm³/mol. The number of ketones is 2. The van der Waals surface area contributed by atoms with Gasteiger partial charge in [0.25, 0.3) is 0 Å². The van der Waals surface area contributed by atoms with E-state index < -0.39 is 5.97 Å². The van der Waals surface area contributed by atoms with Crippen LogP contribution in [-0.4, -0.2) is 22.6 Å². The summed E-state index contributed by atoms with van der Waals surface area (Å²) in [5.74, 6) is 5.49. The molecule has 0 aliphatic heterocycles. The van der Waals surface area contributed by atoms with Crippen molar-refractivity contribution in [3.8, 4) is 11.8 Å². The van der Waals surface area contributed by atoms with Crippen LogP contribution >= 0.6 is 0 Å². The highest BCUT2D eigenvalue weighted by Gasteiger charge is 2.32. The van der Waals surface area contributed by atoms with Crippen molar-refractivity contribution in [1.82, 2.24) is 0 Å².